The van der Waals surface area contributed by atoms with Crippen LogP contribution in [0.5, 0.6) is 0 Å². The first kappa shape index (κ1) is 19.8. The van der Waals surface area contributed by atoms with E-state index in [1.165, 1.54) is 24.3 Å². The van der Waals surface area contributed by atoms with Crippen LogP contribution in [0.25, 0.3) is 0 Å². The van der Waals surface area contributed by atoms with E-state index >= 15 is 0 Å². The fourth-order valence-corrected chi connectivity index (χ4v) is 2.38. The molecule has 0 atom stereocenters. The number of para-hydroxylation sites is 1. The third-order valence-corrected chi connectivity index (χ3v) is 3.99. The van der Waals surface area contributed by atoms with Gasteiger partial charge in [0.2, 0.25) is 5.91 Å². The number of hydrogen-bond donors (Lipinski definition) is 2. The molecule has 0 saturated heterocycles. The van der Waals surface area contributed by atoms with Crippen LogP contribution >= 0.6 is 0 Å². The van der Waals surface area contributed by atoms with Gasteiger partial charge >= 0.3 is 0 Å². The van der Waals surface area contributed by atoms with E-state index in [0.29, 0.717) is 5.71 Å². The van der Waals surface area contributed by atoms with E-state index in [4.69, 9.17) is 0 Å². The van der Waals surface area contributed by atoms with Crippen molar-refractivity contribution in [3.05, 3.63) is 69.3 Å². The molecule has 2 rings (SSSR count). The first-order chi connectivity index (χ1) is 12.8. The Labute approximate surface area is 156 Å². The second kappa shape index (κ2) is 8.70. The van der Waals surface area contributed by atoms with Gasteiger partial charge in [-0.1, -0.05) is 24.3 Å². The molecule has 0 bridgehead atoms. The van der Waals surface area contributed by atoms with Crippen molar-refractivity contribution in [1.29, 1.82) is 0 Å². The zero-order chi connectivity index (χ0) is 20.0. The van der Waals surface area contributed by atoms with Crippen molar-refractivity contribution in [1.82, 2.24) is 5.43 Å². The molecule has 0 fully saturated rings. The summed E-state index contributed by atoms with van der Waals surface area (Å²) in [6, 6.07) is 11.2. The number of hydrogen-bond acceptors (Lipinski definition) is 5. The molecule has 8 heteroatoms. The predicted molar refractivity (Wildman–Crippen MR) is 103 cm³/mol. The van der Waals surface area contributed by atoms with Gasteiger partial charge in [0, 0.05) is 17.5 Å². The van der Waals surface area contributed by atoms with Gasteiger partial charge in [-0.2, -0.15) is 5.10 Å². The Morgan fingerprint density at radius 1 is 1.11 bits per heavy atom. The first-order valence-corrected chi connectivity index (χ1v) is 8.22. The van der Waals surface area contributed by atoms with E-state index in [1.54, 1.807) is 6.92 Å². The summed E-state index contributed by atoms with van der Waals surface area (Å²) in [4.78, 5) is 34.6. The average molecular weight is 368 g/mol. The maximum absolute atomic E-state index is 12.2. The Morgan fingerprint density at radius 3 is 2.52 bits per heavy atom. The molecule has 27 heavy (non-hydrogen) atoms. The zero-order valence-corrected chi connectivity index (χ0v) is 15.3. The summed E-state index contributed by atoms with van der Waals surface area (Å²) in [5, 5.41) is 17.6. The van der Waals surface area contributed by atoms with Gasteiger partial charge in [0.05, 0.1) is 11.3 Å². The van der Waals surface area contributed by atoms with Crippen molar-refractivity contribution in [3.8, 4) is 0 Å². The van der Waals surface area contributed by atoms with Crippen LogP contribution in [0, 0.1) is 24.0 Å². The van der Waals surface area contributed by atoms with E-state index < -0.39 is 10.8 Å². The van der Waals surface area contributed by atoms with Crippen molar-refractivity contribution < 1.29 is 14.5 Å². The molecule has 2 N–H and O–H groups in total. The van der Waals surface area contributed by atoms with Gasteiger partial charge in [-0.15, -0.1) is 0 Å². The molecule has 0 spiro atoms. The summed E-state index contributed by atoms with van der Waals surface area (Å²) in [6.45, 7) is 5.46. The number of rotatable bonds is 6. The molecule has 2 aromatic rings. The molecule has 0 aromatic heterocycles. The molecule has 0 saturated carbocycles. The quantitative estimate of drug-likeness (QED) is 0.462. The minimum Gasteiger partial charge on any atom is -0.326 e. The van der Waals surface area contributed by atoms with Gasteiger partial charge in [0.25, 0.3) is 11.6 Å². The Morgan fingerprint density at radius 2 is 1.81 bits per heavy atom. The van der Waals surface area contributed by atoms with E-state index in [-0.39, 0.29) is 23.6 Å². The van der Waals surface area contributed by atoms with Crippen LogP contribution in [0.3, 0.4) is 0 Å². The SMILES string of the molecule is C/C(CC(=O)Nc1cccc(C)c1C)=N/NC(=O)c1ccccc1[N+](=O)[O-]. The molecular weight excluding hydrogens is 348 g/mol. The molecule has 0 aliphatic rings. The molecule has 2 aromatic carbocycles. The van der Waals surface area contributed by atoms with Crippen LogP contribution in [-0.2, 0) is 4.79 Å². The van der Waals surface area contributed by atoms with Gasteiger partial charge in [-0.3, -0.25) is 19.7 Å². The highest BCUT2D eigenvalue weighted by molar-refractivity contribution is 6.06. The summed E-state index contributed by atoms with van der Waals surface area (Å²) in [6.07, 6.45) is -0.0233. The second-order valence-electron chi connectivity index (χ2n) is 6.03. The monoisotopic (exact) mass is 368 g/mol. The molecule has 0 aliphatic carbocycles. The van der Waals surface area contributed by atoms with Gasteiger partial charge < -0.3 is 5.32 Å². The third-order valence-electron chi connectivity index (χ3n) is 3.99. The third kappa shape index (κ3) is 5.21. The van der Waals surface area contributed by atoms with Crippen molar-refractivity contribution >= 4 is 28.9 Å². The predicted octanol–water partition coefficient (Wildman–Crippen LogP) is 3.35. The molecule has 0 heterocycles. The molecule has 0 aliphatic heterocycles. The second-order valence-corrected chi connectivity index (χ2v) is 6.03. The number of anilines is 1. The summed E-state index contributed by atoms with van der Waals surface area (Å²) in [5.41, 5.74) is 4.97. The Bertz CT molecular complexity index is 922. The zero-order valence-electron chi connectivity index (χ0n) is 15.3. The Balaban J connectivity index is 2.00. The van der Waals surface area contributed by atoms with Crippen LogP contribution < -0.4 is 10.7 Å². The van der Waals surface area contributed by atoms with Crippen LogP contribution in [0.4, 0.5) is 11.4 Å². The lowest BCUT2D eigenvalue weighted by Gasteiger charge is -2.10. The fraction of sp³-hybridized carbons (Fsp3) is 0.211. The van der Waals surface area contributed by atoms with Crippen LogP contribution in [0.15, 0.2) is 47.6 Å². The Kier molecular flexibility index (Phi) is 6.37. The number of benzene rings is 2. The lowest BCUT2D eigenvalue weighted by molar-refractivity contribution is -0.385. The lowest BCUT2D eigenvalue weighted by atomic mass is 10.1. The van der Waals surface area contributed by atoms with E-state index in [9.17, 15) is 19.7 Å². The summed E-state index contributed by atoms with van der Waals surface area (Å²) < 4.78 is 0. The maximum atomic E-state index is 12.2. The van der Waals surface area contributed by atoms with E-state index in [0.717, 1.165) is 16.8 Å². The number of amides is 2. The largest absolute Gasteiger partial charge is 0.326 e. The number of nitro groups is 1. The van der Waals surface area contributed by atoms with Crippen LogP contribution in [-0.4, -0.2) is 22.4 Å². The highest BCUT2D eigenvalue weighted by Gasteiger charge is 2.18. The summed E-state index contributed by atoms with van der Waals surface area (Å²) in [7, 11) is 0. The van der Waals surface area contributed by atoms with Gasteiger partial charge in [0.15, 0.2) is 0 Å². The van der Waals surface area contributed by atoms with Crippen LogP contribution in [0.1, 0.15) is 34.8 Å². The first-order valence-electron chi connectivity index (χ1n) is 8.22. The number of hydrazone groups is 1. The van der Waals surface area contributed by atoms with Crippen molar-refractivity contribution in [3.63, 3.8) is 0 Å². The van der Waals surface area contributed by atoms with E-state index in [2.05, 4.69) is 15.8 Å². The normalized spacial score (nSPS) is 11.0. The summed E-state index contributed by atoms with van der Waals surface area (Å²) >= 11 is 0. The number of carbonyl (C=O) groups excluding carboxylic acids is 2. The number of nitro benzene ring substituents is 1. The van der Waals surface area contributed by atoms with Crippen molar-refractivity contribution in [2.75, 3.05) is 5.32 Å². The minimum absolute atomic E-state index is 0.0233. The Hall–Kier alpha value is -3.55. The number of carbonyl (C=O) groups is 2. The van der Waals surface area contributed by atoms with E-state index in [1.807, 2.05) is 32.0 Å². The fourth-order valence-electron chi connectivity index (χ4n) is 2.38. The molecule has 0 radical (unpaired) electrons. The van der Waals surface area contributed by atoms with Gasteiger partial charge in [-0.05, 0) is 44.0 Å². The van der Waals surface area contributed by atoms with Crippen molar-refractivity contribution in [2.24, 2.45) is 5.10 Å². The molecule has 0 unspecified atom stereocenters. The maximum Gasteiger partial charge on any atom is 0.282 e. The lowest BCUT2D eigenvalue weighted by Crippen LogP contribution is -2.22. The topological polar surface area (TPSA) is 114 Å². The standard InChI is InChI=1S/C19H20N4O4/c1-12-7-6-9-16(14(12)3)20-18(24)11-13(2)21-22-19(25)15-8-4-5-10-17(15)23(26)27/h4-10H,11H2,1-3H3,(H,20,24)(H,22,25)/b21-13-. The minimum atomic E-state index is -0.711. The number of nitrogens with one attached hydrogen (secondary N) is 2. The summed E-state index contributed by atoms with van der Waals surface area (Å²) in [5.74, 6) is -0.985. The molecule has 140 valence electrons. The van der Waals surface area contributed by atoms with Crippen molar-refractivity contribution in [2.45, 2.75) is 27.2 Å². The highest BCUT2D eigenvalue weighted by atomic mass is 16.6. The molecule has 8 nitrogen and oxygen atoms in total. The number of nitrogens with zero attached hydrogens (tertiary/aromatic N) is 2. The highest BCUT2D eigenvalue weighted by Crippen LogP contribution is 2.18. The van der Waals surface area contributed by atoms with Gasteiger partial charge in [0.1, 0.15) is 5.56 Å². The molecular formula is C19H20N4O4. The van der Waals surface area contributed by atoms with Crippen LogP contribution in [0.2, 0.25) is 0 Å². The van der Waals surface area contributed by atoms with Gasteiger partial charge in [-0.25, -0.2) is 5.43 Å². The smallest absolute Gasteiger partial charge is 0.282 e. The average Bonchev–Trinajstić information content (AvgIpc) is 2.63. The number of aryl methyl sites for hydroxylation is 1. The molecule has 2 amide bonds.